The van der Waals surface area contributed by atoms with Gasteiger partial charge in [-0.15, -0.1) is 11.3 Å². The normalized spacial score (nSPS) is 11.6. The van der Waals surface area contributed by atoms with Crippen molar-refractivity contribution in [2.45, 2.75) is 6.92 Å². The summed E-state index contributed by atoms with van der Waals surface area (Å²) in [5.74, 6) is 0.0536. The molecule has 0 saturated heterocycles. The number of thiazole rings is 1. The maximum absolute atomic E-state index is 11.2. The van der Waals surface area contributed by atoms with E-state index in [-0.39, 0.29) is 5.75 Å². The van der Waals surface area contributed by atoms with E-state index >= 15 is 0 Å². The van der Waals surface area contributed by atoms with E-state index in [2.05, 4.69) is 31.0 Å². The van der Waals surface area contributed by atoms with Crippen molar-refractivity contribution in [2.75, 3.05) is 24.2 Å². The molecule has 2 N–H and O–H groups in total. The van der Waals surface area contributed by atoms with Crippen molar-refractivity contribution in [1.29, 1.82) is 0 Å². The molecule has 1 heterocycles. The summed E-state index contributed by atoms with van der Waals surface area (Å²) >= 11 is 4.65. The molecule has 15 heavy (non-hydrogen) atoms. The predicted octanol–water partition coefficient (Wildman–Crippen LogP) is 1.26. The van der Waals surface area contributed by atoms with Crippen LogP contribution in [0, 0.1) is 0 Å². The number of rotatable bonds is 6. The highest BCUT2D eigenvalue weighted by molar-refractivity contribution is 9.10. The van der Waals surface area contributed by atoms with E-state index in [0.717, 1.165) is 4.60 Å². The van der Waals surface area contributed by atoms with E-state index in [1.807, 2.05) is 5.38 Å². The molecule has 5 nitrogen and oxygen atoms in total. The maximum Gasteiger partial charge on any atom is 0.213 e. The zero-order valence-corrected chi connectivity index (χ0v) is 11.4. The summed E-state index contributed by atoms with van der Waals surface area (Å²) in [6, 6.07) is 0. The van der Waals surface area contributed by atoms with Crippen molar-refractivity contribution in [1.82, 2.24) is 9.71 Å². The lowest BCUT2D eigenvalue weighted by atomic mass is 10.7. The maximum atomic E-state index is 11.2. The second-order valence-corrected chi connectivity index (χ2v) is 6.32. The highest BCUT2D eigenvalue weighted by Crippen LogP contribution is 2.18. The molecule has 1 aromatic heterocycles. The van der Waals surface area contributed by atoms with Crippen LogP contribution in [-0.4, -0.2) is 32.2 Å². The van der Waals surface area contributed by atoms with Crippen LogP contribution in [0.3, 0.4) is 0 Å². The molecular formula is C7H12BrN3O2S2. The van der Waals surface area contributed by atoms with Crippen molar-refractivity contribution >= 4 is 42.4 Å². The van der Waals surface area contributed by atoms with Crippen molar-refractivity contribution in [3.8, 4) is 0 Å². The Balaban J connectivity index is 2.33. The Kier molecular flexibility index (Phi) is 4.97. The summed E-state index contributed by atoms with van der Waals surface area (Å²) < 4.78 is 25.7. The molecule has 0 unspecified atom stereocenters. The van der Waals surface area contributed by atoms with Gasteiger partial charge in [-0.25, -0.2) is 18.1 Å². The Morgan fingerprint density at radius 1 is 1.60 bits per heavy atom. The number of halogens is 1. The Hall–Kier alpha value is -0.180. The fraction of sp³-hybridized carbons (Fsp3) is 0.571. The van der Waals surface area contributed by atoms with Gasteiger partial charge in [-0.3, -0.25) is 0 Å². The van der Waals surface area contributed by atoms with Crippen LogP contribution in [0.5, 0.6) is 0 Å². The minimum Gasteiger partial charge on any atom is -0.360 e. The molecule has 0 aromatic carbocycles. The SMILES string of the molecule is CCNS(=O)(=O)CCNc1nc(Br)cs1. The van der Waals surface area contributed by atoms with E-state index in [4.69, 9.17) is 0 Å². The third kappa shape index (κ3) is 4.92. The number of sulfonamides is 1. The topological polar surface area (TPSA) is 71.1 Å². The van der Waals surface area contributed by atoms with E-state index in [1.165, 1.54) is 11.3 Å². The van der Waals surface area contributed by atoms with Crippen LogP contribution in [0.4, 0.5) is 5.13 Å². The van der Waals surface area contributed by atoms with Gasteiger partial charge in [0.25, 0.3) is 0 Å². The number of nitrogens with zero attached hydrogens (tertiary/aromatic N) is 1. The molecule has 0 radical (unpaired) electrons. The first-order valence-electron chi connectivity index (χ1n) is 4.36. The van der Waals surface area contributed by atoms with Crippen LogP contribution < -0.4 is 10.0 Å². The van der Waals surface area contributed by atoms with Gasteiger partial charge in [-0.05, 0) is 15.9 Å². The van der Waals surface area contributed by atoms with Crippen LogP contribution in [0.15, 0.2) is 9.98 Å². The molecule has 0 spiro atoms. The number of nitrogens with one attached hydrogen (secondary N) is 2. The van der Waals surface area contributed by atoms with Crippen molar-refractivity contribution in [2.24, 2.45) is 0 Å². The zero-order chi connectivity index (χ0) is 11.3. The molecular weight excluding hydrogens is 302 g/mol. The lowest BCUT2D eigenvalue weighted by Gasteiger charge is -2.04. The molecule has 0 fully saturated rings. The van der Waals surface area contributed by atoms with Crippen LogP contribution in [-0.2, 0) is 10.0 Å². The molecule has 0 aliphatic carbocycles. The van der Waals surface area contributed by atoms with Gasteiger partial charge in [0, 0.05) is 18.5 Å². The molecule has 0 bridgehead atoms. The van der Waals surface area contributed by atoms with Gasteiger partial charge >= 0.3 is 0 Å². The van der Waals surface area contributed by atoms with Gasteiger partial charge in [0.1, 0.15) is 4.60 Å². The Morgan fingerprint density at radius 2 is 2.33 bits per heavy atom. The molecule has 0 aliphatic heterocycles. The molecule has 86 valence electrons. The van der Waals surface area contributed by atoms with E-state index in [0.29, 0.717) is 18.2 Å². The van der Waals surface area contributed by atoms with Gasteiger partial charge in [0.2, 0.25) is 10.0 Å². The third-order valence-corrected chi connectivity index (χ3v) is 4.47. The Labute approximate surface area is 101 Å². The lowest BCUT2D eigenvalue weighted by molar-refractivity contribution is 0.584. The van der Waals surface area contributed by atoms with E-state index in [1.54, 1.807) is 6.92 Å². The first-order valence-corrected chi connectivity index (χ1v) is 7.68. The minimum absolute atomic E-state index is 0.0536. The van der Waals surface area contributed by atoms with Crippen molar-refractivity contribution in [3.05, 3.63) is 9.98 Å². The smallest absolute Gasteiger partial charge is 0.213 e. The summed E-state index contributed by atoms with van der Waals surface area (Å²) in [7, 11) is -3.14. The van der Waals surface area contributed by atoms with Crippen LogP contribution in [0.2, 0.25) is 0 Å². The average molecular weight is 314 g/mol. The molecule has 8 heteroatoms. The molecule has 1 aromatic rings. The van der Waals surface area contributed by atoms with Gasteiger partial charge in [-0.2, -0.15) is 0 Å². The highest BCUT2D eigenvalue weighted by Gasteiger charge is 2.08. The fourth-order valence-corrected chi connectivity index (χ4v) is 3.05. The first kappa shape index (κ1) is 12.9. The van der Waals surface area contributed by atoms with Gasteiger partial charge in [0.05, 0.1) is 5.75 Å². The summed E-state index contributed by atoms with van der Waals surface area (Å²) in [6.45, 7) is 2.53. The molecule has 0 atom stereocenters. The standard InChI is InChI=1S/C7H12BrN3O2S2/c1-2-10-15(12,13)4-3-9-7-11-6(8)5-14-7/h5,10H,2-4H2,1H3,(H,9,11). The summed E-state index contributed by atoms with van der Waals surface area (Å²) in [4.78, 5) is 4.09. The summed E-state index contributed by atoms with van der Waals surface area (Å²) in [5.41, 5.74) is 0. The van der Waals surface area contributed by atoms with Gasteiger partial charge < -0.3 is 5.32 Å². The second-order valence-electron chi connectivity index (χ2n) is 2.72. The Bertz CT molecular complexity index is 404. The van der Waals surface area contributed by atoms with Crippen LogP contribution >= 0.6 is 27.3 Å². The zero-order valence-electron chi connectivity index (χ0n) is 8.16. The third-order valence-electron chi connectivity index (χ3n) is 1.49. The molecule has 0 saturated carbocycles. The van der Waals surface area contributed by atoms with E-state index < -0.39 is 10.0 Å². The number of aromatic nitrogens is 1. The predicted molar refractivity (Wildman–Crippen MR) is 65.8 cm³/mol. The molecule has 0 amide bonds. The molecule has 0 aliphatic rings. The van der Waals surface area contributed by atoms with Crippen molar-refractivity contribution < 1.29 is 8.42 Å². The quantitative estimate of drug-likeness (QED) is 0.829. The van der Waals surface area contributed by atoms with Gasteiger partial charge in [-0.1, -0.05) is 6.92 Å². The van der Waals surface area contributed by atoms with E-state index in [9.17, 15) is 8.42 Å². The number of hydrogen-bond donors (Lipinski definition) is 2. The number of hydrogen-bond acceptors (Lipinski definition) is 5. The highest BCUT2D eigenvalue weighted by atomic mass is 79.9. The Morgan fingerprint density at radius 3 is 2.87 bits per heavy atom. The summed E-state index contributed by atoms with van der Waals surface area (Å²) in [6.07, 6.45) is 0. The largest absolute Gasteiger partial charge is 0.360 e. The van der Waals surface area contributed by atoms with Crippen LogP contribution in [0.1, 0.15) is 6.92 Å². The molecule has 1 rings (SSSR count). The fourth-order valence-electron chi connectivity index (χ4n) is 0.920. The average Bonchev–Trinajstić information content (AvgIpc) is 2.51. The summed E-state index contributed by atoms with van der Waals surface area (Å²) in [5, 5.41) is 5.49. The lowest BCUT2D eigenvalue weighted by Crippen LogP contribution is -2.29. The first-order chi connectivity index (χ1) is 7.03. The monoisotopic (exact) mass is 313 g/mol. The number of anilines is 1. The second kappa shape index (κ2) is 5.78. The minimum atomic E-state index is -3.14. The van der Waals surface area contributed by atoms with Crippen LogP contribution in [0.25, 0.3) is 0 Å². The van der Waals surface area contributed by atoms with Crippen molar-refractivity contribution in [3.63, 3.8) is 0 Å². The van der Waals surface area contributed by atoms with Gasteiger partial charge in [0.15, 0.2) is 5.13 Å².